The van der Waals surface area contributed by atoms with Crippen LogP contribution in [0.2, 0.25) is 0 Å². The van der Waals surface area contributed by atoms with E-state index in [1.165, 1.54) is 0 Å². The fraction of sp³-hybridized carbons (Fsp3) is 0.111. The zero-order valence-corrected chi connectivity index (χ0v) is 8.72. The van der Waals surface area contributed by atoms with Crippen molar-refractivity contribution in [1.29, 1.82) is 0 Å². The van der Waals surface area contributed by atoms with Gasteiger partial charge in [0.25, 0.3) is 0 Å². The van der Waals surface area contributed by atoms with E-state index >= 15 is 0 Å². The summed E-state index contributed by atoms with van der Waals surface area (Å²) in [6.07, 6.45) is 0.593. The molecule has 0 aliphatic carbocycles. The molecule has 0 aliphatic heterocycles. The Labute approximate surface area is 87.3 Å². The topological polar surface area (TPSA) is 86.6 Å². The highest BCUT2D eigenvalue weighted by Gasteiger charge is 2.15. The maximum absolute atomic E-state index is 11.2. The molecule has 5 nitrogen and oxygen atoms in total. The molecule has 0 atom stereocenters. The molecule has 0 heterocycles. The molecule has 15 heavy (non-hydrogen) atoms. The van der Waals surface area contributed by atoms with Gasteiger partial charge in [0.15, 0.2) is 6.29 Å². The number of nitrogens with one attached hydrogen (secondary N) is 1. The SMILES string of the molecule is O=C(Cc1ccccc1)N[CH]P(=O)(O)O. The lowest BCUT2D eigenvalue weighted by Gasteiger charge is -2.05. The molecule has 1 aromatic carbocycles. The zero-order valence-electron chi connectivity index (χ0n) is 7.83. The van der Waals surface area contributed by atoms with Crippen LogP contribution in [0.5, 0.6) is 0 Å². The summed E-state index contributed by atoms with van der Waals surface area (Å²) in [4.78, 5) is 28.1. The lowest BCUT2D eigenvalue weighted by molar-refractivity contribution is -0.119. The Morgan fingerprint density at radius 2 is 1.93 bits per heavy atom. The van der Waals surface area contributed by atoms with Crippen LogP contribution in [0.4, 0.5) is 0 Å². The van der Waals surface area contributed by atoms with Gasteiger partial charge in [-0.15, -0.1) is 0 Å². The van der Waals surface area contributed by atoms with Gasteiger partial charge in [-0.3, -0.25) is 9.36 Å². The molecule has 0 aromatic heterocycles. The van der Waals surface area contributed by atoms with Crippen LogP contribution >= 0.6 is 7.60 Å². The summed E-state index contributed by atoms with van der Waals surface area (Å²) >= 11 is 0. The minimum absolute atomic E-state index is 0.0946. The number of carbonyl (C=O) groups excluding carboxylic acids is 1. The third-order valence-electron chi connectivity index (χ3n) is 1.60. The van der Waals surface area contributed by atoms with Gasteiger partial charge in [-0.2, -0.15) is 0 Å². The van der Waals surface area contributed by atoms with E-state index in [9.17, 15) is 9.36 Å². The lowest BCUT2D eigenvalue weighted by atomic mass is 10.1. The second kappa shape index (κ2) is 5.07. The van der Waals surface area contributed by atoms with Gasteiger partial charge in [0.2, 0.25) is 5.91 Å². The molecule has 0 unspecified atom stereocenters. The third-order valence-corrected chi connectivity index (χ3v) is 2.07. The first-order valence-corrected chi connectivity index (χ1v) is 5.88. The Balaban J connectivity index is 2.41. The number of rotatable bonds is 4. The van der Waals surface area contributed by atoms with Gasteiger partial charge in [0.05, 0.1) is 6.42 Å². The first-order chi connectivity index (χ1) is 6.97. The van der Waals surface area contributed by atoms with Crippen LogP contribution in [0, 0.1) is 6.29 Å². The van der Waals surface area contributed by atoms with Gasteiger partial charge in [0.1, 0.15) is 0 Å². The molecule has 1 rings (SSSR count). The zero-order chi connectivity index (χ0) is 11.3. The lowest BCUT2D eigenvalue weighted by Crippen LogP contribution is -2.22. The molecule has 0 saturated heterocycles. The van der Waals surface area contributed by atoms with Gasteiger partial charge in [0, 0.05) is 0 Å². The number of carbonyl (C=O) groups is 1. The van der Waals surface area contributed by atoms with Crippen LogP contribution in [0.3, 0.4) is 0 Å². The first kappa shape index (κ1) is 11.9. The second-order valence-electron chi connectivity index (χ2n) is 2.95. The van der Waals surface area contributed by atoms with Gasteiger partial charge in [-0.25, -0.2) is 0 Å². The summed E-state index contributed by atoms with van der Waals surface area (Å²) in [5.74, 6) is -0.454. The van der Waals surface area contributed by atoms with Crippen LogP contribution in [0.25, 0.3) is 0 Å². The van der Waals surface area contributed by atoms with Crippen molar-refractivity contribution < 1.29 is 19.1 Å². The predicted molar refractivity (Wildman–Crippen MR) is 54.6 cm³/mol. The van der Waals surface area contributed by atoms with Crippen LogP contribution in [-0.4, -0.2) is 15.7 Å². The van der Waals surface area contributed by atoms with Crippen LogP contribution in [-0.2, 0) is 15.8 Å². The monoisotopic (exact) mass is 228 g/mol. The van der Waals surface area contributed by atoms with E-state index in [0.717, 1.165) is 5.56 Å². The normalized spacial score (nSPS) is 11.1. The van der Waals surface area contributed by atoms with Crippen molar-refractivity contribution in [1.82, 2.24) is 5.32 Å². The van der Waals surface area contributed by atoms with Crippen LogP contribution < -0.4 is 5.32 Å². The molecule has 0 bridgehead atoms. The van der Waals surface area contributed by atoms with E-state index in [0.29, 0.717) is 6.29 Å². The van der Waals surface area contributed by atoms with Crippen LogP contribution in [0.1, 0.15) is 5.56 Å². The first-order valence-electron chi connectivity index (χ1n) is 4.20. The maximum atomic E-state index is 11.2. The molecule has 1 amide bonds. The second-order valence-corrected chi connectivity index (χ2v) is 4.38. The number of amides is 1. The Hall–Kier alpha value is -1.16. The van der Waals surface area contributed by atoms with E-state index in [2.05, 4.69) is 0 Å². The maximum Gasteiger partial charge on any atom is 0.350 e. The summed E-state index contributed by atoms with van der Waals surface area (Å²) in [6.45, 7) is 0. The van der Waals surface area contributed by atoms with Crippen molar-refractivity contribution in [3.05, 3.63) is 42.2 Å². The van der Waals surface area contributed by atoms with Gasteiger partial charge >= 0.3 is 7.60 Å². The largest absolute Gasteiger partial charge is 0.350 e. The predicted octanol–water partition coefficient (Wildman–Crippen LogP) is 0.642. The fourth-order valence-corrected chi connectivity index (χ4v) is 1.30. The summed E-state index contributed by atoms with van der Waals surface area (Å²) < 4.78 is 10.4. The molecule has 0 aliphatic rings. The van der Waals surface area contributed by atoms with E-state index in [1.54, 1.807) is 24.3 Å². The molecule has 1 radical (unpaired) electrons. The van der Waals surface area contributed by atoms with Crippen molar-refractivity contribution >= 4 is 13.5 Å². The molecule has 0 saturated carbocycles. The van der Waals surface area contributed by atoms with Crippen molar-refractivity contribution in [3.63, 3.8) is 0 Å². The van der Waals surface area contributed by atoms with Crippen molar-refractivity contribution in [2.75, 3.05) is 0 Å². The third kappa shape index (κ3) is 5.32. The Morgan fingerprint density at radius 1 is 1.33 bits per heavy atom. The summed E-state index contributed by atoms with van der Waals surface area (Å²) in [5.41, 5.74) is 0.786. The van der Waals surface area contributed by atoms with Gasteiger partial charge < -0.3 is 15.1 Å². The van der Waals surface area contributed by atoms with Crippen LogP contribution in [0.15, 0.2) is 30.3 Å². The quantitative estimate of drug-likeness (QED) is 0.660. The molecule has 6 heteroatoms. The number of hydrogen-bond acceptors (Lipinski definition) is 2. The standard InChI is InChI=1S/C9H11NO4P/c11-9(10-7-15(12,13)14)6-8-4-2-1-3-5-8/h1-5,7H,6H2,(H,10,11)(H2,12,13,14). The summed E-state index contributed by atoms with van der Waals surface area (Å²) in [7, 11) is -4.28. The molecule has 1 aromatic rings. The highest BCUT2D eigenvalue weighted by Crippen LogP contribution is 2.36. The van der Waals surface area contributed by atoms with E-state index < -0.39 is 13.5 Å². The van der Waals surface area contributed by atoms with E-state index in [4.69, 9.17) is 9.79 Å². The number of hydrogen-bond donors (Lipinski definition) is 3. The minimum atomic E-state index is -4.28. The fourth-order valence-electron chi connectivity index (χ4n) is 0.988. The van der Waals surface area contributed by atoms with Crippen molar-refractivity contribution in [3.8, 4) is 0 Å². The molecular formula is C9H11NO4P. The van der Waals surface area contributed by atoms with E-state index in [1.807, 2.05) is 11.4 Å². The molecular weight excluding hydrogens is 217 g/mol. The highest BCUT2D eigenvalue weighted by atomic mass is 31.2. The average Bonchev–Trinajstić information content (AvgIpc) is 2.15. The molecule has 3 N–H and O–H groups in total. The average molecular weight is 228 g/mol. The van der Waals surface area contributed by atoms with E-state index in [-0.39, 0.29) is 6.42 Å². The smallest absolute Gasteiger partial charge is 0.339 e. The van der Waals surface area contributed by atoms with Gasteiger partial charge in [-0.05, 0) is 5.56 Å². The highest BCUT2D eigenvalue weighted by molar-refractivity contribution is 7.54. The van der Waals surface area contributed by atoms with Gasteiger partial charge in [-0.1, -0.05) is 30.3 Å². The minimum Gasteiger partial charge on any atom is -0.339 e. The molecule has 0 fully saturated rings. The summed E-state index contributed by atoms with van der Waals surface area (Å²) in [6, 6.07) is 8.92. The van der Waals surface area contributed by atoms with Crippen molar-refractivity contribution in [2.24, 2.45) is 0 Å². The summed E-state index contributed by atoms with van der Waals surface area (Å²) in [5, 5.41) is 2.04. The Morgan fingerprint density at radius 3 is 2.47 bits per heavy atom. The number of benzene rings is 1. The molecule has 81 valence electrons. The van der Waals surface area contributed by atoms with Crippen molar-refractivity contribution in [2.45, 2.75) is 6.42 Å². The Bertz CT molecular complexity index is 373. The molecule has 0 spiro atoms. The Kier molecular flexibility index (Phi) is 4.03.